The third-order valence-corrected chi connectivity index (χ3v) is 3.06. The van der Waals surface area contributed by atoms with Gasteiger partial charge in [-0.2, -0.15) is 0 Å². The Balaban J connectivity index is 3.30. The van der Waals surface area contributed by atoms with E-state index in [0.29, 0.717) is 0 Å². The highest BCUT2D eigenvalue weighted by molar-refractivity contribution is 5.68. The molecule has 0 aliphatic rings. The van der Waals surface area contributed by atoms with Gasteiger partial charge in [0.15, 0.2) is 0 Å². The molecule has 0 aromatic carbocycles. The second kappa shape index (κ2) is 15.7. The van der Waals surface area contributed by atoms with Gasteiger partial charge in [-0.05, 0) is 25.7 Å². The summed E-state index contributed by atoms with van der Waals surface area (Å²) in [6.07, 6.45) is 23.5. The van der Waals surface area contributed by atoms with Gasteiger partial charge in [-0.25, -0.2) is 0 Å². The first-order chi connectivity index (χ1) is 9.77. The first-order valence-electron chi connectivity index (χ1n) is 7.94. The Kier molecular flexibility index (Phi) is 14.7. The lowest BCUT2D eigenvalue weighted by atomic mass is 10.1. The summed E-state index contributed by atoms with van der Waals surface area (Å²) in [5.74, 6) is -0.775. The van der Waals surface area contributed by atoms with Gasteiger partial charge in [0.2, 0.25) is 0 Å². The van der Waals surface area contributed by atoms with Crippen LogP contribution in [-0.4, -0.2) is 11.1 Å². The highest BCUT2D eigenvalue weighted by Gasteiger charge is 1.88. The van der Waals surface area contributed by atoms with Crippen molar-refractivity contribution in [3.8, 4) is 0 Å². The molecule has 2 heteroatoms. The van der Waals surface area contributed by atoms with Crippen molar-refractivity contribution < 1.29 is 9.90 Å². The fraction of sp³-hybridized carbons (Fsp3) is 0.611. The van der Waals surface area contributed by atoms with Crippen LogP contribution in [0.15, 0.2) is 36.5 Å². The van der Waals surface area contributed by atoms with Crippen LogP contribution in [0.2, 0.25) is 0 Å². The average molecular weight is 278 g/mol. The van der Waals surface area contributed by atoms with Crippen molar-refractivity contribution in [2.24, 2.45) is 0 Å². The largest absolute Gasteiger partial charge is 0.481 e. The van der Waals surface area contributed by atoms with E-state index in [2.05, 4.69) is 31.2 Å². The minimum absolute atomic E-state index is 0.117. The van der Waals surface area contributed by atoms with Crippen LogP contribution in [-0.2, 0) is 4.79 Å². The molecule has 0 aliphatic carbocycles. The topological polar surface area (TPSA) is 37.3 Å². The number of rotatable bonds is 13. The van der Waals surface area contributed by atoms with Crippen molar-refractivity contribution in [1.82, 2.24) is 0 Å². The summed E-state index contributed by atoms with van der Waals surface area (Å²) in [6, 6.07) is 0. The third kappa shape index (κ3) is 16.7. The smallest absolute Gasteiger partial charge is 0.307 e. The van der Waals surface area contributed by atoms with Crippen molar-refractivity contribution in [3.05, 3.63) is 36.5 Å². The Morgan fingerprint density at radius 3 is 2.00 bits per heavy atom. The van der Waals surface area contributed by atoms with Gasteiger partial charge < -0.3 is 5.11 Å². The van der Waals surface area contributed by atoms with Gasteiger partial charge in [0.05, 0.1) is 6.42 Å². The molecule has 0 aromatic rings. The van der Waals surface area contributed by atoms with E-state index in [0.717, 1.165) is 12.8 Å². The van der Waals surface area contributed by atoms with Crippen LogP contribution in [0.3, 0.4) is 0 Å². The van der Waals surface area contributed by atoms with Gasteiger partial charge in [-0.3, -0.25) is 4.79 Å². The number of aliphatic carboxylic acids is 1. The number of allylic oxidation sites excluding steroid dienone is 5. The van der Waals surface area contributed by atoms with Crippen LogP contribution < -0.4 is 0 Å². The molecule has 0 saturated carbocycles. The summed E-state index contributed by atoms with van der Waals surface area (Å²) in [4.78, 5) is 10.3. The Morgan fingerprint density at radius 1 is 0.800 bits per heavy atom. The zero-order chi connectivity index (χ0) is 14.9. The lowest BCUT2D eigenvalue weighted by Gasteiger charge is -1.97. The predicted octanol–water partition coefficient (Wildman–Crippen LogP) is 5.66. The van der Waals surface area contributed by atoms with Crippen molar-refractivity contribution in [2.75, 3.05) is 0 Å². The summed E-state index contributed by atoms with van der Waals surface area (Å²) in [7, 11) is 0. The van der Waals surface area contributed by atoms with Crippen LogP contribution in [0.4, 0.5) is 0 Å². The van der Waals surface area contributed by atoms with Crippen molar-refractivity contribution in [1.29, 1.82) is 0 Å². The summed E-state index contributed by atoms with van der Waals surface area (Å²) in [5.41, 5.74) is 0. The van der Waals surface area contributed by atoms with Gasteiger partial charge in [0.25, 0.3) is 0 Å². The molecule has 0 atom stereocenters. The van der Waals surface area contributed by atoms with Crippen LogP contribution >= 0.6 is 0 Å². The Bertz CT molecular complexity index is 301. The van der Waals surface area contributed by atoms with Crippen LogP contribution in [0.5, 0.6) is 0 Å². The fourth-order valence-electron chi connectivity index (χ4n) is 1.89. The Hall–Kier alpha value is -1.31. The zero-order valence-electron chi connectivity index (χ0n) is 12.9. The maximum atomic E-state index is 10.3. The van der Waals surface area contributed by atoms with E-state index in [1.54, 1.807) is 6.08 Å². The van der Waals surface area contributed by atoms with Gasteiger partial charge in [-0.15, -0.1) is 0 Å². The number of hydrogen-bond acceptors (Lipinski definition) is 1. The molecular formula is C18H30O2. The number of carbonyl (C=O) groups is 1. The molecule has 20 heavy (non-hydrogen) atoms. The second-order valence-corrected chi connectivity index (χ2v) is 5.04. The van der Waals surface area contributed by atoms with Crippen LogP contribution in [0.25, 0.3) is 0 Å². The molecule has 0 spiro atoms. The Morgan fingerprint density at radius 2 is 1.35 bits per heavy atom. The highest BCUT2D eigenvalue weighted by Crippen LogP contribution is 2.07. The van der Waals surface area contributed by atoms with E-state index in [1.165, 1.54) is 44.9 Å². The van der Waals surface area contributed by atoms with E-state index in [1.807, 2.05) is 6.08 Å². The predicted molar refractivity (Wildman–Crippen MR) is 86.9 cm³/mol. The number of carboxylic acid groups (broad SMARTS) is 1. The average Bonchev–Trinajstić information content (AvgIpc) is 2.43. The Labute approximate surface area is 124 Å². The number of carboxylic acids is 1. The van der Waals surface area contributed by atoms with E-state index >= 15 is 0 Å². The maximum Gasteiger partial charge on any atom is 0.307 e. The maximum absolute atomic E-state index is 10.3. The minimum Gasteiger partial charge on any atom is -0.481 e. The normalized spacial score (nSPS) is 12.1. The minimum atomic E-state index is -0.775. The monoisotopic (exact) mass is 278 g/mol. The quantitative estimate of drug-likeness (QED) is 0.348. The lowest BCUT2D eigenvalue weighted by molar-refractivity contribution is -0.136. The van der Waals surface area contributed by atoms with Crippen molar-refractivity contribution >= 4 is 5.97 Å². The molecule has 0 rings (SSSR count). The van der Waals surface area contributed by atoms with Gasteiger partial charge >= 0.3 is 5.97 Å². The molecule has 1 N–H and O–H groups in total. The zero-order valence-corrected chi connectivity index (χ0v) is 12.9. The molecule has 2 nitrogen and oxygen atoms in total. The summed E-state index contributed by atoms with van der Waals surface area (Å²) in [6.45, 7) is 2.25. The van der Waals surface area contributed by atoms with Crippen LogP contribution in [0.1, 0.15) is 71.1 Å². The lowest BCUT2D eigenvalue weighted by Crippen LogP contribution is -1.89. The fourth-order valence-corrected chi connectivity index (χ4v) is 1.89. The van der Waals surface area contributed by atoms with E-state index in [4.69, 9.17) is 5.11 Å². The summed E-state index contributed by atoms with van der Waals surface area (Å²) >= 11 is 0. The SMILES string of the molecule is CCCCCCCC/C=C\C/C=C\C/C=C\CC(=O)O. The third-order valence-electron chi connectivity index (χ3n) is 3.06. The van der Waals surface area contributed by atoms with Gasteiger partial charge in [0, 0.05) is 0 Å². The second-order valence-electron chi connectivity index (χ2n) is 5.04. The molecule has 0 aliphatic heterocycles. The van der Waals surface area contributed by atoms with E-state index < -0.39 is 5.97 Å². The number of hydrogen-bond donors (Lipinski definition) is 1. The molecule has 0 unspecified atom stereocenters. The number of unbranched alkanes of at least 4 members (excludes halogenated alkanes) is 6. The van der Waals surface area contributed by atoms with Crippen molar-refractivity contribution in [3.63, 3.8) is 0 Å². The summed E-state index contributed by atoms with van der Waals surface area (Å²) < 4.78 is 0. The molecule has 0 fully saturated rings. The molecule has 0 amide bonds. The van der Waals surface area contributed by atoms with E-state index in [9.17, 15) is 4.79 Å². The highest BCUT2D eigenvalue weighted by atomic mass is 16.4. The first kappa shape index (κ1) is 18.7. The van der Waals surface area contributed by atoms with Gasteiger partial charge in [-0.1, -0.05) is 75.5 Å². The van der Waals surface area contributed by atoms with E-state index in [-0.39, 0.29) is 6.42 Å². The molecule has 114 valence electrons. The first-order valence-corrected chi connectivity index (χ1v) is 7.94. The van der Waals surface area contributed by atoms with Crippen molar-refractivity contribution in [2.45, 2.75) is 71.1 Å². The molecular weight excluding hydrogens is 248 g/mol. The molecule has 0 heterocycles. The van der Waals surface area contributed by atoms with Crippen LogP contribution in [0, 0.1) is 0 Å². The molecule has 0 bridgehead atoms. The molecule has 0 saturated heterocycles. The molecule has 0 aromatic heterocycles. The summed E-state index contributed by atoms with van der Waals surface area (Å²) in [5, 5.41) is 8.44. The van der Waals surface area contributed by atoms with Gasteiger partial charge in [0.1, 0.15) is 0 Å². The molecule has 0 radical (unpaired) electrons. The standard InChI is InChI=1S/C18H30O2/c1-2-3-4-5-6-7-8-9-10-11-12-13-14-15-16-17-18(19)20/h9-10,12-13,15-16H,2-8,11,14,17H2,1H3,(H,19,20)/b10-9-,13-12-,16-15-.